The topological polar surface area (TPSA) is 134 Å². The first kappa shape index (κ1) is 21.9. The van der Waals surface area contributed by atoms with E-state index in [-0.39, 0.29) is 12.0 Å². The van der Waals surface area contributed by atoms with Crippen molar-refractivity contribution < 1.29 is 39.5 Å². The van der Waals surface area contributed by atoms with E-state index in [4.69, 9.17) is 9.47 Å². The number of aliphatic hydroxyl groups excluding tert-OH is 2. The predicted molar refractivity (Wildman–Crippen MR) is 102 cm³/mol. The smallest absolute Gasteiger partial charge is 0.191 e. The molecule has 3 saturated carbocycles. The van der Waals surface area contributed by atoms with Gasteiger partial charge in [0.2, 0.25) is 0 Å². The summed E-state index contributed by atoms with van der Waals surface area (Å²) in [5.74, 6) is -5.64. The number of aliphatic hydroxyl groups is 4. The Morgan fingerprint density at radius 1 is 1.28 bits per heavy atom. The molecule has 0 aromatic carbocycles. The number of carbonyl (C=O) groups is 2. The third kappa shape index (κ3) is 2.70. The van der Waals surface area contributed by atoms with E-state index in [9.17, 15) is 30.0 Å². The van der Waals surface area contributed by atoms with Crippen LogP contribution in [-0.2, 0) is 19.1 Å². The first-order chi connectivity index (χ1) is 13.5. The molecule has 4 aliphatic rings. The highest BCUT2D eigenvalue weighted by Crippen LogP contribution is 2.64. The van der Waals surface area contributed by atoms with E-state index >= 15 is 0 Å². The second kappa shape index (κ2) is 6.85. The lowest BCUT2D eigenvalue weighted by Gasteiger charge is -2.65. The van der Waals surface area contributed by atoms with Gasteiger partial charge in [0, 0.05) is 25.0 Å². The number of ether oxygens (including phenoxy) is 2. The zero-order valence-electron chi connectivity index (χ0n) is 17.0. The van der Waals surface area contributed by atoms with Crippen LogP contribution in [0, 0.1) is 17.3 Å². The Hall–Kier alpha value is -1.84. The number of ketones is 2. The highest BCUT2D eigenvalue weighted by Gasteiger charge is 2.78. The van der Waals surface area contributed by atoms with Crippen molar-refractivity contribution in [3.63, 3.8) is 0 Å². The number of fused-ring (bicyclic) bond motifs is 2. The molecule has 4 rings (SSSR count). The largest absolute Gasteiger partial charge is 0.508 e. The van der Waals surface area contributed by atoms with Gasteiger partial charge in [0.15, 0.2) is 17.4 Å². The van der Waals surface area contributed by atoms with E-state index in [1.807, 2.05) is 0 Å². The minimum absolute atomic E-state index is 0.125. The van der Waals surface area contributed by atoms with Crippen molar-refractivity contribution in [3.05, 3.63) is 35.6 Å². The zero-order chi connectivity index (χ0) is 21.8. The summed E-state index contributed by atoms with van der Waals surface area (Å²) in [5, 5.41) is 43.1. The predicted octanol–water partition coefficient (Wildman–Crippen LogP) is 0.572. The Morgan fingerprint density at radius 3 is 2.48 bits per heavy atom. The number of allylic oxidation sites excluding steroid dienone is 4. The fraction of sp³-hybridized carbons (Fsp3) is 0.619. The van der Waals surface area contributed by atoms with Gasteiger partial charge >= 0.3 is 0 Å². The molecule has 0 aromatic heterocycles. The molecular formula is C21H28O8. The van der Waals surface area contributed by atoms with Crippen molar-refractivity contribution in [3.8, 4) is 0 Å². The van der Waals surface area contributed by atoms with Crippen molar-refractivity contribution in [1.82, 2.24) is 0 Å². The third-order valence-corrected chi connectivity index (χ3v) is 6.83. The van der Waals surface area contributed by atoms with Gasteiger partial charge in [-0.2, -0.15) is 0 Å². The summed E-state index contributed by atoms with van der Waals surface area (Å²) in [6, 6.07) is 0. The normalized spacial score (nSPS) is 46.6. The maximum Gasteiger partial charge on any atom is 0.191 e. The average Bonchev–Trinajstić information content (AvgIpc) is 2.69. The Bertz CT molecular complexity index is 819. The van der Waals surface area contributed by atoms with Crippen LogP contribution in [0.1, 0.15) is 27.2 Å². The fourth-order valence-corrected chi connectivity index (χ4v) is 5.32. The summed E-state index contributed by atoms with van der Waals surface area (Å²) >= 11 is 0. The molecule has 4 N–H and O–H groups in total. The molecule has 29 heavy (non-hydrogen) atoms. The summed E-state index contributed by atoms with van der Waals surface area (Å²) in [5.41, 5.74) is -5.95. The quantitative estimate of drug-likeness (QED) is 0.230. The molecule has 3 aliphatic carbocycles. The molecule has 0 amide bonds. The fourth-order valence-electron chi connectivity index (χ4n) is 5.32. The lowest BCUT2D eigenvalue weighted by molar-refractivity contribution is -0.338. The van der Waals surface area contributed by atoms with Gasteiger partial charge in [-0.3, -0.25) is 9.59 Å². The van der Waals surface area contributed by atoms with Crippen LogP contribution in [0.2, 0.25) is 0 Å². The Labute approximate surface area is 169 Å². The van der Waals surface area contributed by atoms with Crippen molar-refractivity contribution >= 4 is 11.6 Å². The summed E-state index contributed by atoms with van der Waals surface area (Å²) in [7, 11) is 1.33. The minimum atomic E-state index is -2.10. The van der Waals surface area contributed by atoms with Crippen LogP contribution in [0.5, 0.6) is 0 Å². The first-order valence-corrected chi connectivity index (χ1v) is 9.53. The van der Waals surface area contributed by atoms with Gasteiger partial charge in [-0.1, -0.05) is 18.2 Å². The van der Waals surface area contributed by atoms with Gasteiger partial charge in [-0.25, -0.2) is 0 Å². The van der Waals surface area contributed by atoms with Crippen LogP contribution < -0.4 is 0 Å². The lowest BCUT2D eigenvalue weighted by atomic mass is 9.41. The molecular weight excluding hydrogens is 380 g/mol. The maximum atomic E-state index is 13.4. The van der Waals surface area contributed by atoms with Crippen molar-refractivity contribution in [2.24, 2.45) is 17.3 Å². The SMILES string of the molecule is C/C=C/C=C/C(O)=C1/C(=O)[C@]2(C)C(=O)[C@](C)(O)[C@H]1[C@]1(O)CO[C@@](CO)(OC)C[C@H]21. The average molecular weight is 408 g/mol. The Kier molecular flexibility index (Phi) is 5.16. The Morgan fingerprint density at radius 2 is 1.93 bits per heavy atom. The summed E-state index contributed by atoms with van der Waals surface area (Å²) in [6.07, 6.45) is 6.04. The van der Waals surface area contributed by atoms with Crippen LogP contribution in [0.15, 0.2) is 35.6 Å². The summed E-state index contributed by atoms with van der Waals surface area (Å²) in [6.45, 7) is 3.46. The molecule has 1 heterocycles. The second-order valence-corrected chi connectivity index (χ2v) is 8.43. The van der Waals surface area contributed by atoms with Gasteiger partial charge in [0.25, 0.3) is 0 Å². The highest BCUT2D eigenvalue weighted by molar-refractivity contribution is 6.22. The van der Waals surface area contributed by atoms with Crippen LogP contribution in [0.4, 0.5) is 0 Å². The van der Waals surface area contributed by atoms with Crippen LogP contribution in [0.3, 0.4) is 0 Å². The number of rotatable bonds is 4. The van der Waals surface area contributed by atoms with Crippen LogP contribution >= 0.6 is 0 Å². The number of hydrogen-bond donors (Lipinski definition) is 4. The van der Waals surface area contributed by atoms with Crippen molar-refractivity contribution in [2.45, 2.75) is 44.2 Å². The maximum absolute atomic E-state index is 13.4. The molecule has 8 heteroatoms. The van der Waals surface area contributed by atoms with Gasteiger partial charge in [-0.05, 0) is 26.8 Å². The van der Waals surface area contributed by atoms with E-state index in [1.165, 1.54) is 33.1 Å². The van der Waals surface area contributed by atoms with E-state index in [0.29, 0.717) is 0 Å². The number of hydrogen-bond acceptors (Lipinski definition) is 8. The van der Waals surface area contributed by atoms with Crippen molar-refractivity contribution in [1.29, 1.82) is 0 Å². The van der Waals surface area contributed by atoms with E-state index in [1.54, 1.807) is 19.1 Å². The molecule has 0 aromatic rings. The monoisotopic (exact) mass is 408 g/mol. The van der Waals surface area contributed by atoms with Crippen LogP contribution in [-0.4, -0.2) is 69.3 Å². The molecule has 8 nitrogen and oxygen atoms in total. The lowest BCUT2D eigenvalue weighted by Crippen LogP contribution is -2.80. The van der Waals surface area contributed by atoms with E-state index in [0.717, 1.165) is 0 Å². The molecule has 2 bridgehead atoms. The molecule has 1 saturated heterocycles. The molecule has 6 atom stereocenters. The first-order valence-electron chi connectivity index (χ1n) is 9.53. The highest BCUT2D eigenvalue weighted by atomic mass is 16.7. The third-order valence-electron chi connectivity index (χ3n) is 6.83. The van der Waals surface area contributed by atoms with Crippen LogP contribution in [0.25, 0.3) is 0 Å². The summed E-state index contributed by atoms with van der Waals surface area (Å²) in [4.78, 5) is 26.6. The van der Waals surface area contributed by atoms with E-state index in [2.05, 4.69) is 0 Å². The zero-order valence-corrected chi connectivity index (χ0v) is 17.0. The number of methoxy groups -OCH3 is 1. The number of carbonyl (C=O) groups excluding carboxylic acids is 2. The molecule has 160 valence electrons. The van der Waals surface area contributed by atoms with Gasteiger partial charge in [0.1, 0.15) is 17.0 Å². The molecule has 0 spiro atoms. The molecule has 0 radical (unpaired) electrons. The molecule has 1 aliphatic heterocycles. The molecule has 0 unspecified atom stereocenters. The van der Waals surface area contributed by atoms with Gasteiger partial charge in [0.05, 0.1) is 24.5 Å². The minimum Gasteiger partial charge on any atom is -0.508 e. The number of Topliss-reactive ketones (excluding diaryl/α,β-unsaturated/α-hetero) is 2. The van der Waals surface area contributed by atoms with E-state index < -0.39 is 64.8 Å². The molecule has 4 fully saturated rings. The van der Waals surface area contributed by atoms with Gasteiger partial charge in [-0.15, -0.1) is 0 Å². The Balaban J connectivity index is 2.24. The standard InChI is InChI=1S/C21H28O8/c1-5-6-7-8-12(23)14-15-19(3,26)17(25)18(2,16(14)24)13-9-20(10-22,28-4)29-11-21(13,15)27/h5-8,13,15,22-23,26-27H,9-11H2,1-4H3/b6-5+,8-7+,14-12-/t13-,15+,18-,19-,20+,21+/m1/s1. The van der Waals surface area contributed by atoms with Crippen molar-refractivity contribution in [2.75, 3.05) is 20.3 Å². The second-order valence-electron chi connectivity index (χ2n) is 8.43. The summed E-state index contributed by atoms with van der Waals surface area (Å²) < 4.78 is 10.9. The van der Waals surface area contributed by atoms with Gasteiger partial charge < -0.3 is 29.9 Å².